The summed E-state index contributed by atoms with van der Waals surface area (Å²) >= 11 is 4.01. The van der Waals surface area contributed by atoms with Crippen LogP contribution in [0.25, 0.3) is 0 Å². The van der Waals surface area contributed by atoms with E-state index in [-0.39, 0.29) is 17.9 Å². The van der Waals surface area contributed by atoms with Crippen LogP contribution in [0.15, 0.2) is 0 Å². The Morgan fingerprint density at radius 1 is 1.43 bits per heavy atom. The maximum absolute atomic E-state index is 11.2. The molecule has 0 fully saturated rings. The van der Waals surface area contributed by atoms with Crippen molar-refractivity contribution in [1.29, 1.82) is 0 Å². The summed E-state index contributed by atoms with van der Waals surface area (Å²) in [7, 11) is 0. The summed E-state index contributed by atoms with van der Waals surface area (Å²) in [6.45, 7) is 5.36. The summed E-state index contributed by atoms with van der Waals surface area (Å²) in [4.78, 5) is 21.9. The van der Waals surface area contributed by atoms with Crippen LogP contribution in [-0.4, -0.2) is 29.0 Å². The third kappa shape index (κ3) is 5.24. The van der Waals surface area contributed by atoms with Gasteiger partial charge in [-0.3, -0.25) is 9.59 Å². The second kappa shape index (κ2) is 6.03. The minimum absolute atomic E-state index is 0.000926. The molecule has 4 nitrogen and oxygen atoms in total. The minimum atomic E-state index is -0.574. The SMILES string of the molecule is CC(=O)C(CC(S)C(N)=O)NC(C)C. The van der Waals surface area contributed by atoms with E-state index < -0.39 is 11.2 Å². The molecule has 0 aromatic carbocycles. The van der Waals surface area contributed by atoms with Crippen molar-refractivity contribution >= 4 is 24.3 Å². The van der Waals surface area contributed by atoms with Crippen LogP contribution >= 0.6 is 12.6 Å². The van der Waals surface area contributed by atoms with Crippen molar-refractivity contribution in [3.63, 3.8) is 0 Å². The van der Waals surface area contributed by atoms with Gasteiger partial charge in [0.25, 0.3) is 0 Å². The highest BCUT2D eigenvalue weighted by molar-refractivity contribution is 7.81. The Morgan fingerprint density at radius 2 is 1.93 bits per heavy atom. The molecule has 0 aromatic heterocycles. The summed E-state index contributed by atoms with van der Waals surface area (Å²) in [6, 6.07) is -0.151. The van der Waals surface area contributed by atoms with E-state index in [9.17, 15) is 9.59 Å². The first kappa shape index (κ1) is 13.4. The van der Waals surface area contributed by atoms with E-state index >= 15 is 0 Å². The zero-order chi connectivity index (χ0) is 11.3. The van der Waals surface area contributed by atoms with Crippen LogP contribution in [0, 0.1) is 0 Å². The number of ketones is 1. The molecule has 0 aliphatic carbocycles. The van der Waals surface area contributed by atoms with E-state index in [0.29, 0.717) is 6.42 Å². The summed E-state index contributed by atoms with van der Waals surface area (Å²) < 4.78 is 0. The number of nitrogens with one attached hydrogen (secondary N) is 1. The zero-order valence-electron chi connectivity index (χ0n) is 8.78. The lowest BCUT2D eigenvalue weighted by Gasteiger charge is -2.20. The molecule has 82 valence electrons. The molecule has 5 heteroatoms. The van der Waals surface area contributed by atoms with Gasteiger partial charge >= 0.3 is 0 Å². The van der Waals surface area contributed by atoms with Gasteiger partial charge in [0.1, 0.15) is 5.78 Å². The maximum atomic E-state index is 11.2. The summed E-state index contributed by atoms with van der Waals surface area (Å²) in [5.74, 6) is -0.496. The molecule has 0 radical (unpaired) electrons. The second-order valence-corrected chi connectivity index (χ2v) is 4.26. The summed E-state index contributed by atoms with van der Waals surface area (Å²) in [5, 5.41) is 2.48. The largest absolute Gasteiger partial charge is 0.369 e. The monoisotopic (exact) mass is 218 g/mol. The van der Waals surface area contributed by atoms with E-state index in [0.717, 1.165) is 0 Å². The quantitative estimate of drug-likeness (QED) is 0.554. The zero-order valence-corrected chi connectivity index (χ0v) is 9.67. The fourth-order valence-corrected chi connectivity index (χ4v) is 1.30. The first-order valence-corrected chi connectivity index (χ1v) is 5.10. The van der Waals surface area contributed by atoms with E-state index in [4.69, 9.17) is 5.73 Å². The van der Waals surface area contributed by atoms with Crippen LogP contribution in [0.4, 0.5) is 0 Å². The number of hydrogen-bond acceptors (Lipinski definition) is 4. The Morgan fingerprint density at radius 3 is 2.21 bits per heavy atom. The molecule has 1 amide bonds. The number of amides is 1. The van der Waals surface area contributed by atoms with Crippen molar-refractivity contribution in [3.05, 3.63) is 0 Å². The third-order valence-electron chi connectivity index (χ3n) is 1.81. The second-order valence-electron chi connectivity index (χ2n) is 3.64. The van der Waals surface area contributed by atoms with Crippen LogP contribution in [0.5, 0.6) is 0 Å². The number of rotatable bonds is 6. The Balaban J connectivity index is 4.23. The lowest BCUT2D eigenvalue weighted by atomic mass is 10.1. The van der Waals surface area contributed by atoms with E-state index in [1.807, 2.05) is 13.8 Å². The van der Waals surface area contributed by atoms with Gasteiger partial charge in [-0.15, -0.1) is 0 Å². The smallest absolute Gasteiger partial charge is 0.230 e. The van der Waals surface area contributed by atoms with E-state index in [1.165, 1.54) is 6.92 Å². The molecule has 0 aromatic rings. The molecule has 0 aliphatic rings. The number of primary amides is 1. The first-order chi connectivity index (χ1) is 6.34. The van der Waals surface area contributed by atoms with E-state index in [2.05, 4.69) is 17.9 Å². The Labute approximate surface area is 90.0 Å². The molecular formula is C9H18N2O2S. The standard InChI is InChI=1S/C9H18N2O2S/c1-5(2)11-7(6(3)12)4-8(14)9(10)13/h5,7-8,11,14H,4H2,1-3H3,(H2,10,13). The molecule has 0 aliphatic heterocycles. The molecule has 3 N–H and O–H groups in total. The highest BCUT2D eigenvalue weighted by Crippen LogP contribution is 2.06. The molecule has 0 saturated heterocycles. The topological polar surface area (TPSA) is 72.2 Å². The van der Waals surface area contributed by atoms with Crippen molar-refractivity contribution in [2.75, 3.05) is 0 Å². The average molecular weight is 218 g/mol. The minimum Gasteiger partial charge on any atom is -0.369 e. The van der Waals surface area contributed by atoms with Gasteiger partial charge in [0.2, 0.25) is 5.91 Å². The van der Waals surface area contributed by atoms with E-state index in [1.54, 1.807) is 0 Å². The number of carbonyl (C=O) groups excluding carboxylic acids is 2. The van der Waals surface area contributed by atoms with Crippen molar-refractivity contribution in [2.45, 2.75) is 44.5 Å². The summed E-state index contributed by atoms with van der Waals surface area (Å²) in [5.41, 5.74) is 5.06. The van der Waals surface area contributed by atoms with Gasteiger partial charge in [0.05, 0.1) is 11.3 Å². The first-order valence-electron chi connectivity index (χ1n) is 4.58. The lowest BCUT2D eigenvalue weighted by Crippen LogP contribution is -2.43. The Kier molecular flexibility index (Phi) is 5.79. The Bertz CT molecular complexity index is 219. The van der Waals surface area contributed by atoms with Crippen LogP contribution < -0.4 is 11.1 Å². The molecule has 0 heterocycles. The highest BCUT2D eigenvalue weighted by atomic mass is 32.1. The molecule has 0 saturated carbocycles. The third-order valence-corrected chi connectivity index (χ3v) is 2.28. The van der Waals surface area contributed by atoms with Crippen molar-refractivity contribution in [3.8, 4) is 0 Å². The number of nitrogens with two attached hydrogens (primary N) is 1. The predicted octanol–water partition coefficient (Wildman–Crippen LogP) is 0.116. The molecule has 2 atom stereocenters. The van der Waals surface area contributed by atoms with Crippen LogP contribution in [-0.2, 0) is 9.59 Å². The summed E-state index contributed by atoms with van der Waals surface area (Å²) in [6.07, 6.45) is 0.339. The molecule has 0 spiro atoms. The number of Topliss-reactive ketones (excluding diaryl/α,β-unsaturated/α-hetero) is 1. The molecule has 2 unspecified atom stereocenters. The fourth-order valence-electron chi connectivity index (χ4n) is 1.09. The molecule has 14 heavy (non-hydrogen) atoms. The highest BCUT2D eigenvalue weighted by Gasteiger charge is 2.21. The van der Waals surface area contributed by atoms with Crippen LogP contribution in [0.1, 0.15) is 27.2 Å². The van der Waals surface area contributed by atoms with Gasteiger partial charge in [-0.05, 0) is 13.3 Å². The maximum Gasteiger partial charge on any atom is 0.230 e. The van der Waals surface area contributed by atoms with Crippen LogP contribution in [0.2, 0.25) is 0 Å². The molecule has 0 bridgehead atoms. The Hall–Kier alpha value is -0.550. The normalized spacial score (nSPS) is 15.2. The fraction of sp³-hybridized carbons (Fsp3) is 0.778. The van der Waals surface area contributed by atoms with Gasteiger partial charge < -0.3 is 11.1 Å². The molecular weight excluding hydrogens is 200 g/mol. The lowest BCUT2D eigenvalue weighted by molar-refractivity contribution is -0.120. The number of thiol groups is 1. The van der Waals surface area contributed by atoms with Gasteiger partial charge in [0, 0.05) is 6.04 Å². The van der Waals surface area contributed by atoms with Gasteiger partial charge in [-0.25, -0.2) is 0 Å². The predicted molar refractivity (Wildman–Crippen MR) is 59.3 cm³/mol. The van der Waals surface area contributed by atoms with Gasteiger partial charge in [-0.1, -0.05) is 13.8 Å². The molecule has 0 rings (SSSR count). The number of carbonyl (C=O) groups is 2. The number of hydrogen-bond donors (Lipinski definition) is 3. The van der Waals surface area contributed by atoms with Crippen molar-refractivity contribution < 1.29 is 9.59 Å². The van der Waals surface area contributed by atoms with Gasteiger partial charge in [0.15, 0.2) is 0 Å². The van der Waals surface area contributed by atoms with Crippen LogP contribution in [0.3, 0.4) is 0 Å². The van der Waals surface area contributed by atoms with Crippen molar-refractivity contribution in [2.24, 2.45) is 5.73 Å². The average Bonchev–Trinajstić information content (AvgIpc) is 2.01. The van der Waals surface area contributed by atoms with Gasteiger partial charge in [-0.2, -0.15) is 12.6 Å². The van der Waals surface area contributed by atoms with Crippen molar-refractivity contribution in [1.82, 2.24) is 5.32 Å².